The molecular weight excluding hydrogens is 399 g/mol. The number of rotatable bonds is 6. The van der Waals surface area contributed by atoms with Gasteiger partial charge in [-0.2, -0.15) is 13.2 Å². The minimum absolute atomic E-state index is 0.0752. The Kier molecular flexibility index (Phi) is 6.49. The van der Waals surface area contributed by atoms with E-state index in [9.17, 15) is 22.8 Å². The van der Waals surface area contributed by atoms with Gasteiger partial charge in [-0.3, -0.25) is 4.79 Å². The van der Waals surface area contributed by atoms with Crippen molar-refractivity contribution in [3.8, 4) is 5.75 Å². The summed E-state index contributed by atoms with van der Waals surface area (Å²) in [4.78, 5) is 26.0. The van der Waals surface area contributed by atoms with Crippen LogP contribution in [-0.4, -0.2) is 31.6 Å². The van der Waals surface area contributed by atoms with E-state index in [0.29, 0.717) is 18.9 Å². The molecule has 0 saturated carbocycles. The van der Waals surface area contributed by atoms with E-state index in [-0.39, 0.29) is 30.5 Å². The van der Waals surface area contributed by atoms with Crippen molar-refractivity contribution in [2.45, 2.75) is 19.5 Å². The smallest absolute Gasteiger partial charge is 0.418 e. The SMILES string of the molecule is CCOc1ccc(N2C[C@@H](CNC(=O)Nc3ccccc3C(F)(F)F)CC2=O)cc1. The van der Waals surface area contributed by atoms with Gasteiger partial charge in [0.15, 0.2) is 0 Å². The number of nitrogens with one attached hydrogen (secondary N) is 2. The fraction of sp³-hybridized carbons (Fsp3) is 0.333. The summed E-state index contributed by atoms with van der Waals surface area (Å²) in [7, 11) is 0. The molecule has 2 aromatic rings. The van der Waals surface area contributed by atoms with Gasteiger partial charge in [-0.05, 0) is 43.3 Å². The number of hydrogen-bond acceptors (Lipinski definition) is 3. The Morgan fingerprint density at radius 1 is 1.17 bits per heavy atom. The fourth-order valence-corrected chi connectivity index (χ4v) is 3.30. The molecule has 3 amide bonds. The molecule has 1 saturated heterocycles. The summed E-state index contributed by atoms with van der Waals surface area (Å²) in [6, 6.07) is 11.2. The first-order valence-corrected chi connectivity index (χ1v) is 9.52. The predicted octanol–water partition coefficient (Wildman–Crippen LogP) is 4.28. The fourth-order valence-electron chi connectivity index (χ4n) is 3.30. The Hall–Kier alpha value is -3.23. The van der Waals surface area contributed by atoms with Gasteiger partial charge in [-0.1, -0.05) is 12.1 Å². The van der Waals surface area contributed by atoms with Gasteiger partial charge in [0.1, 0.15) is 5.75 Å². The molecule has 0 spiro atoms. The average molecular weight is 421 g/mol. The van der Waals surface area contributed by atoms with Crippen molar-refractivity contribution in [3.63, 3.8) is 0 Å². The van der Waals surface area contributed by atoms with Gasteiger partial charge < -0.3 is 20.3 Å². The van der Waals surface area contributed by atoms with Gasteiger partial charge in [0, 0.05) is 31.1 Å². The molecule has 1 atom stereocenters. The predicted molar refractivity (Wildman–Crippen MR) is 107 cm³/mol. The highest BCUT2D eigenvalue weighted by atomic mass is 19.4. The Balaban J connectivity index is 1.54. The van der Waals surface area contributed by atoms with E-state index in [4.69, 9.17) is 4.74 Å². The summed E-state index contributed by atoms with van der Waals surface area (Å²) in [5.74, 6) is 0.489. The number of carbonyl (C=O) groups is 2. The normalized spacial score (nSPS) is 16.5. The molecule has 160 valence electrons. The van der Waals surface area contributed by atoms with Gasteiger partial charge in [0.05, 0.1) is 17.9 Å². The van der Waals surface area contributed by atoms with Gasteiger partial charge in [-0.25, -0.2) is 4.79 Å². The van der Waals surface area contributed by atoms with Crippen LogP contribution < -0.4 is 20.3 Å². The van der Waals surface area contributed by atoms with Gasteiger partial charge >= 0.3 is 12.2 Å². The summed E-state index contributed by atoms with van der Waals surface area (Å²) in [6.45, 7) is 3.00. The molecule has 9 heteroatoms. The summed E-state index contributed by atoms with van der Waals surface area (Å²) in [5, 5.41) is 4.78. The van der Waals surface area contributed by atoms with Crippen molar-refractivity contribution < 1.29 is 27.5 Å². The lowest BCUT2D eigenvalue weighted by molar-refractivity contribution is -0.136. The number of halogens is 3. The Bertz CT molecular complexity index is 900. The zero-order chi connectivity index (χ0) is 21.7. The zero-order valence-electron chi connectivity index (χ0n) is 16.3. The number of urea groups is 1. The largest absolute Gasteiger partial charge is 0.494 e. The summed E-state index contributed by atoms with van der Waals surface area (Å²) in [6.07, 6.45) is -4.33. The van der Waals surface area contributed by atoms with Crippen LogP contribution in [0.2, 0.25) is 0 Å². The quantitative estimate of drug-likeness (QED) is 0.732. The number of benzene rings is 2. The second kappa shape index (κ2) is 9.06. The Morgan fingerprint density at radius 2 is 1.87 bits per heavy atom. The highest BCUT2D eigenvalue weighted by Crippen LogP contribution is 2.34. The van der Waals surface area contributed by atoms with Crippen LogP contribution in [0.1, 0.15) is 18.9 Å². The molecule has 3 rings (SSSR count). The van der Waals surface area contributed by atoms with Crippen LogP contribution in [0.15, 0.2) is 48.5 Å². The topological polar surface area (TPSA) is 70.7 Å². The lowest BCUT2D eigenvalue weighted by atomic mass is 10.1. The molecule has 6 nitrogen and oxygen atoms in total. The molecule has 2 aromatic carbocycles. The highest BCUT2D eigenvalue weighted by molar-refractivity contribution is 5.96. The third-order valence-electron chi connectivity index (χ3n) is 4.70. The van der Waals surface area contributed by atoms with Crippen molar-refractivity contribution in [1.29, 1.82) is 0 Å². The minimum atomic E-state index is -4.57. The first kappa shape index (κ1) is 21.5. The first-order valence-electron chi connectivity index (χ1n) is 9.52. The first-order chi connectivity index (χ1) is 14.3. The van der Waals surface area contributed by atoms with Crippen molar-refractivity contribution in [3.05, 3.63) is 54.1 Å². The van der Waals surface area contributed by atoms with Gasteiger partial charge in [0.25, 0.3) is 0 Å². The molecule has 0 aromatic heterocycles. The van der Waals surface area contributed by atoms with Crippen LogP contribution in [0.4, 0.5) is 29.3 Å². The number of hydrogen-bond donors (Lipinski definition) is 2. The molecule has 0 aliphatic carbocycles. The monoisotopic (exact) mass is 421 g/mol. The zero-order valence-corrected chi connectivity index (χ0v) is 16.3. The molecule has 1 aliphatic rings. The second-order valence-corrected chi connectivity index (χ2v) is 6.88. The van der Waals surface area contributed by atoms with Crippen LogP contribution >= 0.6 is 0 Å². The molecule has 1 fully saturated rings. The van der Waals surface area contributed by atoms with Crippen molar-refractivity contribution in [2.75, 3.05) is 29.9 Å². The number of ether oxygens (including phenoxy) is 1. The summed E-state index contributed by atoms with van der Waals surface area (Å²) < 4.78 is 44.5. The maximum absolute atomic E-state index is 13.0. The van der Waals surface area contributed by atoms with Crippen molar-refractivity contribution >= 4 is 23.3 Å². The lowest BCUT2D eigenvalue weighted by Crippen LogP contribution is -2.34. The molecule has 0 unspecified atom stereocenters. The maximum Gasteiger partial charge on any atom is 0.418 e. The second-order valence-electron chi connectivity index (χ2n) is 6.88. The number of carbonyl (C=O) groups excluding carboxylic acids is 2. The standard InChI is InChI=1S/C21H22F3N3O3/c1-2-30-16-9-7-15(8-10-16)27-13-14(11-19(27)28)12-25-20(29)26-18-6-4-3-5-17(18)21(22,23)24/h3-10,14H,2,11-13H2,1H3,(H2,25,26,29)/t14-/m1/s1. The molecule has 1 heterocycles. The Labute approximate surface area is 172 Å². The molecule has 0 radical (unpaired) electrons. The van der Waals surface area contributed by atoms with Crippen LogP contribution in [0.5, 0.6) is 5.75 Å². The molecule has 0 bridgehead atoms. The lowest BCUT2D eigenvalue weighted by Gasteiger charge is -2.18. The van der Waals surface area contributed by atoms with E-state index in [1.54, 1.807) is 29.2 Å². The van der Waals surface area contributed by atoms with Crippen LogP contribution in [0.3, 0.4) is 0 Å². The molecule has 2 N–H and O–H groups in total. The molecular formula is C21H22F3N3O3. The molecule has 1 aliphatic heterocycles. The highest BCUT2D eigenvalue weighted by Gasteiger charge is 2.34. The van der Waals surface area contributed by atoms with Crippen LogP contribution in [0, 0.1) is 5.92 Å². The van der Waals surface area contributed by atoms with E-state index in [1.165, 1.54) is 18.2 Å². The van der Waals surface area contributed by atoms with E-state index in [0.717, 1.165) is 11.8 Å². The number of anilines is 2. The number of amides is 3. The van der Waals surface area contributed by atoms with Crippen LogP contribution in [-0.2, 0) is 11.0 Å². The van der Waals surface area contributed by atoms with Crippen LogP contribution in [0.25, 0.3) is 0 Å². The van der Waals surface area contributed by atoms with Gasteiger partial charge in [0.2, 0.25) is 5.91 Å². The number of para-hydroxylation sites is 1. The van der Waals surface area contributed by atoms with E-state index >= 15 is 0 Å². The Morgan fingerprint density at radius 3 is 2.53 bits per heavy atom. The average Bonchev–Trinajstić information content (AvgIpc) is 3.07. The maximum atomic E-state index is 13.0. The van der Waals surface area contributed by atoms with E-state index in [1.807, 2.05) is 6.92 Å². The third kappa shape index (κ3) is 5.22. The van der Waals surface area contributed by atoms with Crippen molar-refractivity contribution in [2.24, 2.45) is 5.92 Å². The van der Waals surface area contributed by atoms with Gasteiger partial charge in [-0.15, -0.1) is 0 Å². The summed E-state index contributed by atoms with van der Waals surface area (Å²) in [5.41, 5.74) is -0.506. The third-order valence-corrected chi connectivity index (χ3v) is 4.70. The van der Waals surface area contributed by atoms with Crippen molar-refractivity contribution in [1.82, 2.24) is 5.32 Å². The van der Waals surface area contributed by atoms with E-state index in [2.05, 4.69) is 10.6 Å². The molecule has 30 heavy (non-hydrogen) atoms. The number of nitrogens with zero attached hydrogens (tertiary/aromatic N) is 1. The van der Waals surface area contributed by atoms with E-state index < -0.39 is 17.8 Å². The summed E-state index contributed by atoms with van der Waals surface area (Å²) >= 11 is 0. The minimum Gasteiger partial charge on any atom is -0.494 e. The number of alkyl halides is 3.